The highest BCUT2D eigenvalue weighted by Gasteiger charge is 2.32. The molecule has 1 rings (SSSR count). The third kappa shape index (κ3) is 3.61. The Morgan fingerprint density at radius 3 is 2.44 bits per heavy atom. The number of rotatable bonds is 4. The van der Waals surface area contributed by atoms with E-state index in [0.29, 0.717) is 12.1 Å². The molecule has 0 saturated carbocycles. The Morgan fingerprint density at radius 2 is 2.00 bits per heavy atom. The summed E-state index contributed by atoms with van der Waals surface area (Å²) in [6.45, 7) is 3.70. The summed E-state index contributed by atoms with van der Waals surface area (Å²) in [5, 5.41) is 10.7. The summed E-state index contributed by atoms with van der Waals surface area (Å²) in [4.78, 5) is 9.90. The normalized spacial score (nSPS) is 11.7. The van der Waals surface area contributed by atoms with Crippen molar-refractivity contribution in [2.24, 2.45) is 5.92 Å². The second-order valence-electron chi connectivity index (χ2n) is 4.14. The van der Waals surface area contributed by atoms with Crippen LogP contribution in [0.2, 0.25) is 0 Å². The van der Waals surface area contributed by atoms with E-state index in [9.17, 15) is 23.3 Å². The second kappa shape index (κ2) is 5.24. The Bertz CT molecular complexity index is 444. The molecule has 0 radical (unpaired) electrons. The first kappa shape index (κ1) is 14.3. The number of alkyl halides is 3. The summed E-state index contributed by atoms with van der Waals surface area (Å²) in [5.74, 6) is -0.303. The van der Waals surface area contributed by atoms with Crippen molar-refractivity contribution in [3.8, 4) is 5.75 Å². The number of halogens is 3. The lowest BCUT2D eigenvalue weighted by atomic mass is 10.2. The van der Waals surface area contributed by atoms with Gasteiger partial charge in [0.15, 0.2) is 5.75 Å². The van der Waals surface area contributed by atoms with E-state index in [4.69, 9.17) is 4.74 Å². The van der Waals surface area contributed by atoms with Crippen LogP contribution in [0.15, 0.2) is 18.2 Å². The number of ether oxygens (including phenoxy) is 1. The molecule has 0 N–H and O–H groups in total. The standard InChI is InChI=1S/C11H12F3NO3/c1-7(2)6-18-10-5-8(11(12,13)14)3-4-9(10)15(16)17/h3-5,7H,6H2,1-2H3. The Morgan fingerprint density at radius 1 is 1.39 bits per heavy atom. The number of hydrogen-bond donors (Lipinski definition) is 0. The van der Waals surface area contributed by atoms with E-state index in [1.165, 1.54) is 0 Å². The fraction of sp³-hybridized carbons (Fsp3) is 0.455. The second-order valence-corrected chi connectivity index (χ2v) is 4.14. The van der Waals surface area contributed by atoms with Gasteiger partial charge in [-0.2, -0.15) is 13.2 Å². The van der Waals surface area contributed by atoms with Crippen molar-refractivity contribution >= 4 is 5.69 Å². The van der Waals surface area contributed by atoms with Crippen LogP contribution in [0.1, 0.15) is 19.4 Å². The quantitative estimate of drug-likeness (QED) is 0.615. The summed E-state index contributed by atoms with van der Waals surface area (Å²) < 4.78 is 42.5. The Labute approximate surface area is 102 Å². The van der Waals surface area contributed by atoms with Crippen LogP contribution in [0.25, 0.3) is 0 Å². The topological polar surface area (TPSA) is 52.4 Å². The molecule has 0 aliphatic rings. The smallest absolute Gasteiger partial charge is 0.416 e. The molecule has 0 aliphatic heterocycles. The van der Waals surface area contributed by atoms with Crippen LogP contribution in [0.4, 0.5) is 18.9 Å². The summed E-state index contributed by atoms with van der Waals surface area (Å²) in [6.07, 6.45) is -4.55. The van der Waals surface area contributed by atoms with Crippen molar-refractivity contribution in [3.63, 3.8) is 0 Å². The van der Waals surface area contributed by atoms with Gasteiger partial charge in [-0.15, -0.1) is 0 Å². The Kier molecular flexibility index (Phi) is 4.15. The number of nitrogens with zero attached hydrogens (tertiary/aromatic N) is 1. The summed E-state index contributed by atoms with van der Waals surface area (Å²) >= 11 is 0. The van der Waals surface area contributed by atoms with Crippen molar-refractivity contribution in [1.29, 1.82) is 0 Å². The van der Waals surface area contributed by atoms with Crippen LogP contribution in [-0.4, -0.2) is 11.5 Å². The van der Waals surface area contributed by atoms with E-state index in [2.05, 4.69) is 0 Å². The van der Waals surface area contributed by atoms with Crippen molar-refractivity contribution in [3.05, 3.63) is 33.9 Å². The molecule has 0 fully saturated rings. The third-order valence-electron chi connectivity index (χ3n) is 2.06. The van der Waals surface area contributed by atoms with Gasteiger partial charge in [0.2, 0.25) is 0 Å². The van der Waals surface area contributed by atoms with Crippen LogP contribution >= 0.6 is 0 Å². The largest absolute Gasteiger partial charge is 0.487 e. The average Bonchev–Trinajstić information content (AvgIpc) is 2.24. The maximum atomic E-state index is 12.5. The van der Waals surface area contributed by atoms with Crippen molar-refractivity contribution in [1.82, 2.24) is 0 Å². The zero-order valence-electron chi connectivity index (χ0n) is 9.82. The lowest BCUT2D eigenvalue weighted by molar-refractivity contribution is -0.386. The molecule has 0 heterocycles. The molecule has 0 aliphatic carbocycles. The van der Waals surface area contributed by atoms with Crippen LogP contribution < -0.4 is 4.74 Å². The molecule has 0 bridgehead atoms. The third-order valence-corrected chi connectivity index (χ3v) is 2.06. The lowest BCUT2D eigenvalue weighted by Gasteiger charge is -2.11. The molecule has 18 heavy (non-hydrogen) atoms. The van der Waals surface area contributed by atoms with Gasteiger partial charge in [0.1, 0.15) is 0 Å². The van der Waals surface area contributed by atoms with E-state index in [1.807, 2.05) is 0 Å². The molecule has 4 nitrogen and oxygen atoms in total. The molecule has 100 valence electrons. The van der Waals surface area contributed by atoms with Crippen molar-refractivity contribution < 1.29 is 22.8 Å². The van der Waals surface area contributed by atoms with Gasteiger partial charge >= 0.3 is 11.9 Å². The minimum absolute atomic E-state index is 0.0548. The maximum Gasteiger partial charge on any atom is 0.416 e. The predicted octanol–water partition coefficient (Wildman–Crippen LogP) is 3.65. The van der Waals surface area contributed by atoms with E-state index in [0.717, 1.165) is 6.07 Å². The van der Waals surface area contributed by atoms with Crippen molar-refractivity contribution in [2.45, 2.75) is 20.0 Å². The van der Waals surface area contributed by atoms with Gasteiger partial charge in [-0.1, -0.05) is 13.8 Å². The maximum absolute atomic E-state index is 12.5. The van der Waals surface area contributed by atoms with E-state index >= 15 is 0 Å². The molecule has 0 saturated heterocycles. The molecule has 0 spiro atoms. The fourth-order valence-corrected chi connectivity index (χ4v) is 1.21. The lowest BCUT2D eigenvalue weighted by Crippen LogP contribution is -2.09. The van der Waals surface area contributed by atoms with E-state index in [-0.39, 0.29) is 18.3 Å². The molecule has 0 atom stereocenters. The summed E-state index contributed by atoms with van der Waals surface area (Å²) in [7, 11) is 0. The Balaban J connectivity index is 3.12. The molecule has 0 amide bonds. The molecule has 1 aromatic rings. The Hall–Kier alpha value is -1.79. The van der Waals surface area contributed by atoms with Gasteiger partial charge in [-0.3, -0.25) is 10.1 Å². The van der Waals surface area contributed by atoms with Crippen LogP contribution in [0, 0.1) is 16.0 Å². The number of benzene rings is 1. The monoisotopic (exact) mass is 263 g/mol. The SMILES string of the molecule is CC(C)COc1cc(C(F)(F)F)ccc1[N+](=O)[O-]. The number of hydrogen-bond acceptors (Lipinski definition) is 3. The van der Waals surface area contributed by atoms with Gasteiger partial charge < -0.3 is 4.74 Å². The minimum atomic E-state index is -4.55. The predicted molar refractivity (Wildman–Crippen MR) is 58.4 cm³/mol. The van der Waals surface area contributed by atoms with Gasteiger partial charge in [-0.25, -0.2) is 0 Å². The molecule has 0 aromatic heterocycles. The number of nitro benzene ring substituents is 1. The van der Waals surface area contributed by atoms with Crippen LogP contribution in [-0.2, 0) is 6.18 Å². The molecule has 1 aromatic carbocycles. The summed E-state index contributed by atoms with van der Waals surface area (Å²) in [5.41, 5.74) is -1.43. The van der Waals surface area contributed by atoms with E-state index in [1.54, 1.807) is 13.8 Å². The fourth-order valence-electron chi connectivity index (χ4n) is 1.21. The van der Waals surface area contributed by atoms with Gasteiger partial charge in [0.05, 0.1) is 17.1 Å². The first-order chi connectivity index (χ1) is 8.21. The molecule has 0 unspecified atom stereocenters. The zero-order valence-corrected chi connectivity index (χ0v) is 9.82. The highest BCUT2D eigenvalue weighted by molar-refractivity contribution is 5.49. The molecule has 7 heteroatoms. The first-order valence-corrected chi connectivity index (χ1v) is 5.20. The zero-order chi connectivity index (χ0) is 13.9. The van der Waals surface area contributed by atoms with E-state index < -0.39 is 22.4 Å². The summed E-state index contributed by atoms with van der Waals surface area (Å²) in [6, 6.07) is 2.12. The van der Waals surface area contributed by atoms with Crippen LogP contribution in [0.5, 0.6) is 5.75 Å². The average molecular weight is 263 g/mol. The highest BCUT2D eigenvalue weighted by atomic mass is 19.4. The highest BCUT2D eigenvalue weighted by Crippen LogP contribution is 2.36. The van der Waals surface area contributed by atoms with Crippen molar-refractivity contribution in [2.75, 3.05) is 6.61 Å². The molecular weight excluding hydrogens is 251 g/mol. The first-order valence-electron chi connectivity index (χ1n) is 5.20. The molecular formula is C11H12F3NO3. The minimum Gasteiger partial charge on any atom is -0.487 e. The van der Waals surface area contributed by atoms with Crippen LogP contribution in [0.3, 0.4) is 0 Å². The number of nitro groups is 1. The van der Waals surface area contributed by atoms with Gasteiger partial charge in [0, 0.05) is 6.07 Å². The van der Waals surface area contributed by atoms with Gasteiger partial charge in [0.25, 0.3) is 0 Å². The van der Waals surface area contributed by atoms with Gasteiger partial charge in [-0.05, 0) is 18.1 Å².